The van der Waals surface area contributed by atoms with Crippen molar-refractivity contribution in [2.75, 3.05) is 77.5 Å². The van der Waals surface area contributed by atoms with E-state index in [4.69, 9.17) is 4.74 Å². The summed E-state index contributed by atoms with van der Waals surface area (Å²) in [5, 5.41) is 3.27. The standard InChI is InChI=1S/C19H28N4O4/c1-26-19(25)15-27-17-4-2-16(3-5-17)22-12-10-21(11-13-22)14-18(24)23-8-6-20-7-9-23/h2-5,20H,6-15H2,1H3. The summed E-state index contributed by atoms with van der Waals surface area (Å²) in [5.74, 6) is 0.479. The van der Waals surface area contributed by atoms with Crippen molar-refractivity contribution in [2.24, 2.45) is 0 Å². The van der Waals surface area contributed by atoms with Gasteiger partial charge in [-0.1, -0.05) is 0 Å². The average molecular weight is 376 g/mol. The van der Waals surface area contributed by atoms with Crippen LogP contribution in [0.1, 0.15) is 0 Å². The number of methoxy groups -OCH3 is 1. The van der Waals surface area contributed by atoms with E-state index in [9.17, 15) is 9.59 Å². The van der Waals surface area contributed by atoms with Crippen LogP contribution in [-0.4, -0.2) is 94.3 Å². The van der Waals surface area contributed by atoms with Gasteiger partial charge in [0, 0.05) is 58.0 Å². The second-order valence-corrected chi connectivity index (χ2v) is 6.75. The third-order valence-electron chi connectivity index (χ3n) is 4.99. The Labute approximate surface area is 160 Å². The van der Waals surface area contributed by atoms with Gasteiger partial charge in [0.15, 0.2) is 6.61 Å². The summed E-state index contributed by atoms with van der Waals surface area (Å²) < 4.78 is 9.93. The van der Waals surface area contributed by atoms with Gasteiger partial charge in [-0.3, -0.25) is 9.69 Å². The molecule has 1 aromatic rings. The van der Waals surface area contributed by atoms with Gasteiger partial charge in [0.25, 0.3) is 0 Å². The van der Waals surface area contributed by atoms with Crippen molar-refractivity contribution >= 4 is 17.6 Å². The molecule has 1 aromatic carbocycles. The van der Waals surface area contributed by atoms with Gasteiger partial charge in [0.2, 0.25) is 5.91 Å². The number of benzene rings is 1. The number of hydrogen-bond donors (Lipinski definition) is 1. The zero-order valence-corrected chi connectivity index (χ0v) is 15.9. The molecule has 2 fully saturated rings. The number of esters is 1. The van der Waals surface area contributed by atoms with Crippen LogP contribution in [0, 0.1) is 0 Å². The van der Waals surface area contributed by atoms with E-state index < -0.39 is 5.97 Å². The summed E-state index contributed by atoms with van der Waals surface area (Å²) >= 11 is 0. The first-order valence-corrected chi connectivity index (χ1v) is 9.41. The van der Waals surface area contributed by atoms with Gasteiger partial charge in [0.1, 0.15) is 5.75 Å². The lowest BCUT2D eigenvalue weighted by Gasteiger charge is -2.37. The molecule has 0 spiro atoms. The van der Waals surface area contributed by atoms with Crippen LogP contribution in [-0.2, 0) is 14.3 Å². The van der Waals surface area contributed by atoms with E-state index in [0.717, 1.165) is 58.0 Å². The Morgan fingerprint density at radius 1 is 1.00 bits per heavy atom. The number of piperazine rings is 2. The minimum absolute atomic E-state index is 0.0877. The Morgan fingerprint density at radius 3 is 2.30 bits per heavy atom. The highest BCUT2D eigenvalue weighted by atomic mass is 16.6. The lowest BCUT2D eigenvalue weighted by molar-refractivity contribution is -0.143. The van der Waals surface area contributed by atoms with Crippen LogP contribution in [0.5, 0.6) is 5.75 Å². The first-order valence-electron chi connectivity index (χ1n) is 9.41. The van der Waals surface area contributed by atoms with Gasteiger partial charge < -0.3 is 24.6 Å². The number of anilines is 1. The molecule has 0 unspecified atom stereocenters. The molecule has 1 amide bonds. The van der Waals surface area contributed by atoms with Crippen LogP contribution >= 0.6 is 0 Å². The number of hydrogen-bond acceptors (Lipinski definition) is 7. The maximum absolute atomic E-state index is 12.4. The van der Waals surface area contributed by atoms with Crippen LogP contribution in [0.4, 0.5) is 5.69 Å². The Bertz CT molecular complexity index is 623. The first-order chi connectivity index (χ1) is 13.2. The number of nitrogens with zero attached hydrogens (tertiary/aromatic N) is 3. The van der Waals surface area contributed by atoms with Gasteiger partial charge in [-0.2, -0.15) is 0 Å². The lowest BCUT2D eigenvalue weighted by Crippen LogP contribution is -2.53. The molecule has 0 atom stereocenters. The summed E-state index contributed by atoms with van der Waals surface area (Å²) in [4.78, 5) is 30.0. The smallest absolute Gasteiger partial charge is 0.343 e. The molecular formula is C19H28N4O4. The van der Waals surface area contributed by atoms with Crippen molar-refractivity contribution in [3.05, 3.63) is 24.3 Å². The molecule has 2 aliphatic rings. The molecule has 3 rings (SSSR count). The lowest BCUT2D eigenvalue weighted by atomic mass is 10.2. The van der Waals surface area contributed by atoms with Gasteiger partial charge in [-0.25, -0.2) is 4.79 Å². The molecule has 0 saturated carbocycles. The monoisotopic (exact) mass is 376 g/mol. The van der Waals surface area contributed by atoms with Crippen LogP contribution in [0.2, 0.25) is 0 Å². The predicted molar refractivity (Wildman–Crippen MR) is 102 cm³/mol. The van der Waals surface area contributed by atoms with Crippen molar-refractivity contribution < 1.29 is 19.1 Å². The van der Waals surface area contributed by atoms with Crippen LogP contribution < -0.4 is 15.0 Å². The van der Waals surface area contributed by atoms with E-state index >= 15 is 0 Å². The SMILES string of the molecule is COC(=O)COc1ccc(N2CCN(CC(=O)N3CCNCC3)CC2)cc1. The van der Waals surface area contributed by atoms with Crippen LogP contribution in [0.25, 0.3) is 0 Å². The summed E-state index contributed by atoms with van der Waals surface area (Å²) in [6.45, 7) is 7.33. The minimum Gasteiger partial charge on any atom is -0.482 e. The zero-order chi connectivity index (χ0) is 19.1. The second kappa shape index (κ2) is 9.57. The zero-order valence-electron chi connectivity index (χ0n) is 15.9. The normalized spacial score (nSPS) is 18.3. The molecule has 0 bridgehead atoms. The Hall–Kier alpha value is -2.32. The topological polar surface area (TPSA) is 74.4 Å². The molecule has 2 saturated heterocycles. The molecule has 2 heterocycles. The van der Waals surface area contributed by atoms with Gasteiger partial charge in [0.05, 0.1) is 13.7 Å². The van der Waals surface area contributed by atoms with Crippen molar-refractivity contribution in [2.45, 2.75) is 0 Å². The number of amides is 1. The third kappa shape index (κ3) is 5.58. The Balaban J connectivity index is 1.43. The maximum Gasteiger partial charge on any atom is 0.343 e. The fourth-order valence-corrected chi connectivity index (χ4v) is 3.32. The maximum atomic E-state index is 12.4. The molecular weight excluding hydrogens is 348 g/mol. The van der Waals surface area contributed by atoms with E-state index in [1.165, 1.54) is 7.11 Å². The number of ether oxygens (including phenoxy) is 2. The molecule has 0 aliphatic carbocycles. The van der Waals surface area contributed by atoms with E-state index in [1.54, 1.807) is 0 Å². The molecule has 8 heteroatoms. The Kier molecular flexibility index (Phi) is 6.89. The molecule has 0 aromatic heterocycles. The third-order valence-corrected chi connectivity index (χ3v) is 4.99. The first kappa shape index (κ1) is 19.4. The Morgan fingerprint density at radius 2 is 1.67 bits per heavy atom. The van der Waals surface area contributed by atoms with E-state index in [0.29, 0.717) is 12.3 Å². The molecule has 148 valence electrons. The summed E-state index contributed by atoms with van der Waals surface area (Å²) in [7, 11) is 1.34. The quantitative estimate of drug-likeness (QED) is 0.689. The van der Waals surface area contributed by atoms with Gasteiger partial charge >= 0.3 is 5.97 Å². The number of carbonyl (C=O) groups excluding carboxylic acids is 2. The molecule has 2 aliphatic heterocycles. The highest BCUT2D eigenvalue weighted by Crippen LogP contribution is 2.21. The van der Waals surface area contributed by atoms with Crippen LogP contribution in [0.3, 0.4) is 0 Å². The van der Waals surface area contributed by atoms with Crippen molar-refractivity contribution in [3.8, 4) is 5.75 Å². The average Bonchev–Trinajstić information content (AvgIpc) is 2.73. The fourth-order valence-electron chi connectivity index (χ4n) is 3.32. The summed E-state index contributed by atoms with van der Waals surface area (Å²) in [6.07, 6.45) is 0. The molecule has 0 radical (unpaired) electrons. The fraction of sp³-hybridized carbons (Fsp3) is 0.579. The number of rotatable bonds is 6. The van der Waals surface area contributed by atoms with E-state index in [-0.39, 0.29) is 12.5 Å². The van der Waals surface area contributed by atoms with E-state index in [2.05, 4.69) is 19.9 Å². The summed E-state index contributed by atoms with van der Waals surface area (Å²) in [6, 6.07) is 7.71. The second-order valence-electron chi connectivity index (χ2n) is 6.75. The molecule has 1 N–H and O–H groups in total. The largest absolute Gasteiger partial charge is 0.482 e. The molecule has 8 nitrogen and oxygen atoms in total. The van der Waals surface area contributed by atoms with E-state index in [1.807, 2.05) is 29.2 Å². The number of nitrogens with one attached hydrogen (secondary N) is 1. The van der Waals surface area contributed by atoms with Gasteiger partial charge in [-0.15, -0.1) is 0 Å². The van der Waals surface area contributed by atoms with Crippen molar-refractivity contribution in [3.63, 3.8) is 0 Å². The van der Waals surface area contributed by atoms with Crippen molar-refractivity contribution in [1.82, 2.24) is 15.1 Å². The molecule has 27 heavy (non-hydrogen) atoms. The van der Waals surface area contributed by atoms with Gasteiger partial charge in [-0.05, 0) is 24.3 Å². The summed E-state index contributed by atoms with van der Waals surface area (Å²) in [5.41, 5.74) is 1.12. The number of carbonyl (C=O) groups is 2. The highest BCUT2D eigenvalue weighted by molar-refractivity contribution is 5.78. The van der Waals surface area contributed by atoms with Crippen molar-refractivity contribution in [1.29, 1.82) is 0 Å². The van der Waals surface area contributed by atoms with Crippen LogP contribution in [0.15, 0.2) is 24.3 Å². The predicted octanol–water partition coefficient (Wildman–Crippen LogP) is -0.208. The minimum atomic E-state index is -0.398. The highest BCUT2D eigenvalue weighted by Gasteiger charge is 2.22.